The van der Waals surface area contributed by atoms with Crippen molar-refractivity contribution in [2.75, 3.05) is 0 Å². The van der Waals surface area contributed by atoms with Gasteiger partial charge in [0.15, 0.2) is 0 Å². The molecule has 0 aromatic rings. The van der Waals surface area contributed by atoms with Gasteiger partial charge in [-0.05, 0) is 6.72 Å². The second kappa shape index (κ2) is 3.95. The van der Waals surface area contributed by atoms with Gasteiger partial charge in [0.2, 0.25) is 0 Å². The zero-order valence-electron chi connectivity index (χ0n) is 6.17. The first kappa shape index (κ1) is 9.04. The van der Waals surface area contributed by atoms with Crippen molar-refractivity contribution in [2.24, 2.45) is 16.6 Å². The quantitative estimate of drug-likeness (QED) is 0.556. The van der Waals surface area contributed by atoms with Crippen LogP contribution < -0.4 is 5.73 Å². The van der Waals surface area contributed by atoms with E-state index in [1.54, 1.807) is 0 Å². The third-order valence-electron chi connectivity index (χ3n) is 1.42. The third-order valence-corrected chi connectivity index (χ3v) is 1.42. The molecule has 0 unspecified atom stereocenters. The zero-order valence-corrected chi connectivity index (χ0v) is 6.17. The first-order valence-corrected chi connectivity index (χ1v) is 3.05. The Labute approximate surface area is 61.2 Å². The van der Waals surface area contributed by atoms with Gasteiger partial charge in [0.05, 0.1) is 6.04 Å². The Bertz CT molecular complexity index is 151. The van der Waals surface area contributed by atoms with Crippen LogP contribution in [0.5, 0.6) is 0 Å². The molecular weight excluding hydrogens is 126 g/mol. The minimum atomic E-state index is -0.269. The van der Waals surface area contributed by atoms with Crippen LogP contribution in [0, 0.1) is 11.3 Å². The molecule has 0 bridgehead atoms. The van der Waals surface area contributed by atoms with E-state index in [1.807, 2.05) is 6.92 Å². The molecule has 0 aliphatic heterocycles. The molecule has 0 rings (SSSR count). The Balaban J connectivity index is 4.05. The number of hydrogen-bond donors (Lipinski definition) is 2. The first-order valence-electron chi connectivity index (χ1n) is 3.05. The van der Waals surface area contributed by atoms with E-state index in [1.165, 1.54) is 6.21 Å². The highest BCUT2D eigenvalue weighted by molar-refractivity contribution is 5.58. The van der Waals surface area contributed by atoms with E-state index >= 15 is 0 Å². The minimum Gasteiger partial charge on any atom is -0.322 e. The van der Waals surface area contributed by atoms with E-state index in [-0.39, 0.29) is 12.0 Å². The van der Waals surface area contributed by atoms with Crippen LogP contribution in [-0.4, -0.2) is 19.0 Å². The van der Waals surface area contributed by atoms with E-state index in [0.29, 0.717) is 5.70 Å². The molecule has 0 amide bonds. The average Bonchev–Trinajstić information content (AvgIpc) is 2.00. The van der Waals surface area contributed by atoms with Crippen molar-refractivity contribution in [3.8, 4) is 0 Å². The highest BCUT2D eigenvalue weighted by atomic mass is 14.8. The molecule has 0 spiro atoms. The number of nitrogens with two attached hydrogens (primary N) is 1. The SMILES string of the molecule is C=NC(=C)[C@@H](N)[C@H](C)C=N. The number of nitrogens with zero attached hydrogens (tertiary/aromatic N) is 1. The molecule has 3 N–H and O–H groups in total. The lowest BCUT2D eigenvalue weighted by Gasteiger charge is -2.13. The Morgan fingerprint density at radius 2 is 2.30 bits per heavy atom. The van der Waals surface area contributed by atoms with Gasteiger partial charge >= 0.3 is 0 Å². The summed E-state index contributed by atoms with van der Waals surface area (Å²) in [5.74, 6) is -0.0157. The molecule has 0 saturated carbocycles. The van der Waals surface area contributed by atoms with Gasteiger partial charge in [-0.1, -0.05) is 13.5 Å². The lowest BCUT2D eigenvalue weighted by molar-refractivity contribution is 0.641. The molecule has 10 heavy (non-hydrogen) atoms. The second-order valence-corrected chi connectivity index (χ2v) is 2.20. The number of nitrogens with one attached hydrogen (secondary N) is 1. The summed E-state index contributed by atoms with van der Waals surface area (Å²) in [6.07, 6.45) is 1.28. The summed E-state index contributed by atoms with van der Waals surface area (Å²) in [5, 5.41) is 6.90. The van der Waals surface area contributed by atoms with Crippen LogP contribution in [0.2, 0.25) is 0 Å². The van der Waals surface area contributed by atoms with Gasteiger partial charge < -0.3 is 11.1 Å². The van der Waals surface area contributed by atoms with Crippen LogP contribution in [0.15, 0.2) is 17.3 Å². The average molecular weight is 139 g/mol. The molecule has 0 saturated heterocycles. The molecule has 0 heterocycles. The third kappa shape index (κ3) is 2.11. The molecule has 0 aromatic heterocycles. The summed E-state index contributed by atoms with van der Waals surface area (Å²) >= 11 is 0. The molecule has 3 nitrogen and oxygen atoms in total. The van der Waals surface area contributed by atoms with Crippen molar-refractivity contribution < 1.29 is 0 Å². The van der Waals surface area contributed by atoms with E-state index in [4.69, 9.17) is 11.1 Å². The Hall–Kier alpha value is -0.960. The monoisotopic (exact) mass is 139 g/mol. The van der Waals surface area contributed by atoms with Gasteiger partial charge in [0.1, 0.15) is 0 Å². The van der Waals surface area contributed by atoms with Gasteiger partial charge in [0, 0.05) is 17.8 Å². The van der Waals surface area contributed by atoms with Crippen molar-refractivity contribution >= 4 is 12.9 Å². The summed E-state index contributed by atoms with van der Waals surface area (Å²) < 4.78 is 0. The smallest absolute Gasteiger partial charge is 0.0539 e. The van der Waals surface area contributed by atoms with Crippen molar-refractivity contribution in [3.05, 3.63) is 12.3 Å². The molecule has 0 radical (unpaired) electrons. The predicted octanol–water partition coefficient (Wildman–Crippen LogP) is 0.814. The molecule has 2 atom stereocenters. The van der Waals surface area contributed by atoms with E-state index in [9.17, 15) is 0 Å². The summed E-state index contributed by atoms with van der Waals surface area (Å²) in [7, 11) is 0. The lowest BCUT2D eigenvalue weighted by Crippen LogP contribution is -2.29. The molecule has 0 fully saturated rings. The molecule has 0 aliphatic rings. The highest BCUT2D eigenvalue weighted by Crippen LogP contribution is 2.06. The van der Waals surface area contributed by atoms with Crippen LogP contribution in [-0.2, 0) is 0 Å². The summed E-state index contributed by atoms with van der Waals surface area (Å²) in [6, 6.07) is -0.269. The van der Waals surface area contributed by atoms with Crippen LogP contribution in [0.3, 0.4) is 0 Å². The fourth-order valence-electron chi connectivity index (χ4n) is 0.513. The van der Waals surface area contributed by atoms with E-state index in [2.05, 4.69) is 18.3 Å². The van der Waals surface area contributed by atoms with E-state index in [0.717, 1.165) is 0 Å². The highest BCUT2D eigenvalue weighted by Gasteiger charge is 2.11. The van der Waals surface area contributed by atoms with Crippen molar-refractivity contribution in [1.82, 2.24) is 0 Å². The maximum absolute atomic E-state index is 6.90. The lowest BCUT2D eigenvalue weighted by atomic mass is 10.0. The minimum absolute atomic E-state index is 0.0157. The standard InChI is InChI=1S/C7H13N3/c1-5(4-8)7(9)6(2)10-3/h4-5,7-8H,2-3,9H2,1H3/t5-,7+/m1/s1. The normalized spacial score (nSPS) is 15.4. The van der Waals surface area contributed by atoms with Crippen molar-refractivity contribution in [2.45, 2.75) is 13.0 Å². The molecule has 3 heteroatoms. The first-order chi connectivity index (χ1) is 4.63. The van der Waals surface area contributed by atoms with Gasteiger partial charge in [-0.3, -0.25) is 4.99 Å². The predicted molar refractivity (Wildman–Crippen MR) is 44.6 cm³/mol. The van der Waals surface area contributed by atoms with Crippen LogP contribution in [0.1, 0.15) is 6.92 Å². The van der Waals surface area contributed by atoms with Crippen LogP contribution in [0.25, 0.3) is 0 Å². The molecular formula is C7H13N3. The van der Waals surface area contributed by atoms with Gasteiger partial charge in [-0.2, -0.15) is 0 Å². The fourth-order valence-corrected chi connectivity index (χ4v) is 0.513. The summed E-state index contributed by atoms with van der Waals surface area (Å²) in [5.41, 5.74) is 6.14. The second-order valence-electron chi connectivity index (χ2n) is 2.20. The Kier molecular flexibility index (Phi) is 3.57. The maximum Gasteiger partial charge on any atom is 0.0539 e. The molecule has 56 valence electrons. The van der Waals surface area contributed by atoms with Crippen molar-refractivity contribution in [1.29, 1.82) is 5.41 Å². The van der Waals surface area contributed by atoms with Gasteiger partial charge in [-0.25, -0.2) is 0 Å². The number of rotatable bonds is 4. The van der Waals surface area contributed by atoms with Crippen LogP contribution in [0.4, 0.5) is 0 Å². The zero-order chi connectivity index (χ0) is 8.15. The fraction of sp³-hybridized carbons (Fsp3) is 0.429. The maximum atomic E-state index is 6.90. The molecule has 0 aromatic carbocycles. The topological polar surface area (TPSA) is 62.2 Å². The van der Waals surface area contributed by atoms with Gasteiger partial charge in [-0.15, -0.1) is 0 Å². The number of hydrogen-bond acceptors (Lipinski definition) is 3. The van der Waals surface area contributed by atoms with Crippen molar-refractivity contribution in [3.63, 3.8) is 0 Å². The summed E-state index contributed by atoms with van der Waals surface area (Å²) in [6.45, 7) is 8.72. The molecule has 0 aliphatic carbocycles. The van der Waals surface area contributed by atoms with Gasteiger partial charge in [0.25, 0.3) is 0 Å². The largest absolute Gasteiger partial charge is 0.322 e. The Morgan fingerprint density at radius 3 is 2.60 bits per heavy atom. The Morgan fingerprint density at radius 1 is 1.80 bits per heavy atom. The number of aliphatic imine (C=N–C) groups is 1. The van der Waals surface area contributed by atoms with Crippen LogP contribution >= 0.6 is 0 Å². The summed E-state index contributed by atoms with van der Waals surface area (Å²) in [4.78, 5) is 3.58. The van der Waals surface area contributed by atoms with E-state index < -0.39 is 0 Å².